The van der Waals surface area contributed by atoms with Crippen LogP contribution in [0.1, 0.15) is 6.92 Å². The van der Waals surface area contributed by atoms with Gasteiger partial charge in [-0.15, -0.1) is 0 Å². The Morgan fingerprint density at radius 2 is 2.10 bits per heavy atom. The van der Waals surface area contributed by atoms with Gasteiger partial charge in [-0.25, -0.2) is 4.39 Å². The van der Waals surface area contributed by atoms with Gasteiger partial charge < -0.3 is 4.74 Å². The van der Waals surface area contributed by atoms with Crippen molar-refractivity contribution < 1.29 is 9.13 Å². The average Bonchev–Trinajstić information content (AvgIpc) is 1.99. The van der Waals surface area contributed by atoms with E-state index in [1.165, 1.54) is 6.08 Å². The number of hydrogen-bond donors (Lipinski definition) is 0. The van der Waals surface area contributed by atoms with Crippen LogP contribution in [0.5, 0.6) is 0 Å². The molecule has 0 spiro atoms. The molecule has 0 aromatic heterocycles. The summed E-state index contributed by atoms with van der Waals surface area (Å²) in [6, 6.07) is 0. The van der Waals surface area contributed by atoms with Crippen molar-refractivity contribution in [3.8, 4) is 0 Å². The molecule has 0 aliphatic heterocycles. The fraction of sp³-hybridized carbons (Fsp3) is 0.250. The molecule has 0 aromatic carbocycles. The lowest BCUT2D eigenvalue weighted by molar-refractivity contribution is 0.233. The van der Waals surface area contributed by atoms with Crippen LogP contribution in [-0.4, -0.2) is 6.61 Å². The molecule has 0 saturated carbocycles. The highest BCUT2D eigenvalue weighted by Crippen LogP contribution is 2.08. The number of halogens is 1. The maximum absolute atomic E-state index is 12.5. The van der Waals surface area contributed by atoms with E-state index in [9.17, 15) is 4.39 Å². The molecule has 0 rings (SSSR count). The van der Waals surface area contributed by atoms with Gasteiger partial charge in [0.05, 0.1) is 6.61 Å². The first-order chi connectivity index (χ1) is 4.76. The number of hydrogen-bond acceptors (Lipinski definition) is 1. The third kappa shape index (κ3) is 2.49. The first kappa shape index (κ1) is 8.95. The van der Waals surface area contributed by atoms with Crippen molar-refractivity contribution in [1.29, 1.82) is 0 Å². The second kappa shape index (κ2) is 4.79. The van der Waals surface area contributed by atoms with Crippen molar-refractivity contribution in [2.75, 3.05) is 6.61 Å². The van der Waals surface area contributed by atoms with Crippen molar-refractivity contribution in [3.63, 3.8) is 0 Å². The van der Waals surface area contributed by atoms with Crippen LogP contribution < -0.4 is 0 Å². The molecule has 0 aromatic rings. The second-order valence-electron chi connectivity index (χ2n) is 1.55. The van der Waals surface area contributed by atoms with Crippen LogP contribution in [0.3, 0.4) is 0 Å². The zero-order valence-electron chi connectivity index (χ0n) is 6.06. The normalized spacial score (nSPS) is 11.8. The van der Waals surface area contributed by atoms with Gasteiger partial charge in [0, 0.05) is 0 Å². The topological polar surface area (TPSA) is 9.23 Å². The molecule has 56 valence electrons. The minimum Gasteiger partial charge on any atom is -0.491 e. The summed E-state index contributed by atoms with van der Waals surface area (Å²) in [5.41, 5.74) is 0. The summed E-state index contributed by atoms with van der Waals surface area (Å²) < 4.78 is 17.4. The Bertz CT molecular complexity index is 159. The highest BCUT2D eigenvalue weighted by molar-refractivity contribution is 5.20. The second-order valence-corrected chi connectivity index (χ2v) is 1.55. The van der Waals surface area contributed by atoms with Gasteiger partial charge in [0.15, 0.2) is 11.6 Å². The molecule has 0 saturated heterocycles. The summed E-state index contributed by atoms with van der Waals surface area (Å²) in [7, 11) is 0. The van der Waals surface area contributed by atoms with Crippen molar-refractivity contribution in [2.24, 2.45) is 0 Å². The standard InChI is InChI=1S/C8H11FO/c1-4-7(9)8(5-2)10-6-3/h4-5H,1-2,6H2,3H3/b8-7-. The summed E-state index contributed by atoms with van der Waals surface area (Å²) in [6.45, 7) is 8.84. The minimum absolute atomic E-state index is 0.150. The van der Waals surface area contributed by atoms with E-state index in [1.54, 1.807) is 6.92 Å². The van der Waals surface area contributed by atoms with Gasteiger partial charge in [0.25, 0.3) is 0 Å². The Labute approximate surface area is 60.5 Å². The predicted molar refractivity (Wildman–Crippen MR) is 40.2 cm³/mol. The Balaban J connectivity index is 4.28. The summed E-state index contributed by atoms with van der Waals surface area (Å²) in [4.78, 5) is 0. The first-order valence-electron chi connectivity index (χ1n) is 3.03. The Morgan fingerprint density at radius 1 is 1.50 bits per heavy atom. The van der Waals surface area contributed by atoms with Crippen LogP contribution in [-0.2, 0) is 4.74 Å². The van der Waals surface area contributed by atoms with Gasteiger partial charge in [-0.1, -0.05) is 13.2 Å². The summed E-state index contributed by atoms with van der Waals surface area (Å²) in [5.74, 6) is -0.325. The monoisotopic (exact) mass is 142 g/mol. The fourth-order valence-electron chi connectivity index (χ4n) is 0.481. The molecule has 0 radical (unpaired) electrons. The number of allylic oxidation sites excluding steroid dienone is 3. The molecule has 0 aliphatic rings. The van der Waals surface area contributed by atoms with E-state index in [0.29, 0.717) is 6.61 Å². The van der Waals surface area contributed by atoms with E-state index in [2.05, 4.69) is 13.2 Å². The minimum atomic E-state index is -0.475. The molecule has 0 unspecified atom stereocenters. The van der Waals surface area contributed by atoms with Crippen LogP contribution in [0.4, 0.5) is 4.39 Å². The van der Waals surface area contributed by atoms with Crippen LogP contribution in [0.2, 0.25) is 0 Å². The quantitative estimate of drug-likeness (QED) is 0.433. The maximum Gasteiger partial charge on any atom is 0.164 e. The van der Waals surface area contributed by atoms with Gasteiger partial charge in [-0.2, -0.15) is 0 Å². The Morgan fingerprint density at radius 3 is 2.40 bits per heavy atom. The average molecular weight is 142 g/mol. The van der Waals surface area contributed by atoms with Crippen molar-refractivity contribution >= 4 is 0 Å². The molecule has 1 nitrogen and oxygen atoms in total. The lowest BCUT2D eigenvalue weighted by Gasteiger charge is -2.01. The number of rotatable bonds is 4. The van der Waals surface area contributed by atoms with Crippen molar-refractivity contribution in [2.45, 2.75) is 6.92 Å². The highest BCUT2D eigenvalue weighted by Gasteiger charge is 1.97. The van der Waals surface area contributed by atoms with E-state index >= 15 is 0 Å². The summed E-state index contributed by atoms with van der Waals surface area (Å²) in [6.07, 6.45) is 2.41. The molecular formula is C8H11FO. The van der Waals surface area contributed by atoms with Gasteiger partial charge in [0.2, 0.25) is 0 Å². The summed E-state index contributed by atoms with van der Waals surface area (Å²) >= 11 is 0. The molecule has 0 bridgehead atoms. The predicted octanol–water partition coefficient (Wildman–Crippen LogP) is 2.58. The Hall–Kier alpha value is -1.05. The third-order valence-electron chi connectivity index (χ3n) is 0.900. The van der Waals surface area contributed by atoms with Crippen molar-refractivity contribution in [1.82, 2.24) is 0 Å². The van der Waals surface area contributed by atoms with E-state index < -0.39 is 5.83 Å². The lowest BCUT2D eigenvalue weighted by atomic mass is 10.4. The molecule has 0 amide bonds. The van der Waals surface area contributed by atoms with E-state index in [0.717, 1.165) is 6.08 Å². The molecule has 10 heavy (non-hydrogen) atoms. The SMILES string of the molecule is C=C/C(F)=C(\C=C)OCC. The molecule has 0 atom stereocenters. The molecule has 0 fully saturated rings. The van der Waals surface area contributed by atoms with Gasteiger partial charge in [0.1, 0.15) is 0 Å². The molecule has 0 aliphatic carbocycles. The van der Waals surface area contributed by atoms with Crippen LogP contribution in [0.25, 0.3) is 0 Å². The van der Waals surface area contributed by atoms with Gasteiger partial charge in [-0.05, 0) is 19.1 Å². The molecule has 2 heteroatoms. The smallest absolute Gasteiger partial charge is 0.164 e. The maximum atomic E-state index is 12.5. The van der Waals surface area contributed by atoms with E-state index in [4.69, 9.17) is 4.74 Å². The highest BCUT2D eigenvalue weighted by atomic mass is 19.1. The fourth-order valence-corrected chi connectivity index (χ4v) is 0.481. The van der Waals surface area contributed by atoms with Gasteiger partial charge >= 0.3 is 0 Å². The largest absolute Gasteiger partial charge is 0.491 e. The first-order valence-corrected chi connectivity index (χ1v) is 3.03. The van der Waals surface area contributed by atoms with E-state index in [-0.39, 0.29) is 5.76 Å². The van der Waals surface area contributed by atoms with E-state index in [1.807, 2.05) is 0 Å². The Kier molecular flexibility index (Phi) is 4.29. The van der Waals surface area contributed by atoms with Gasteiger partial charge in [-0.3, -0.25) is 0 Å². The lowest BCUT2D eigenvalue weighted by Crippen LogP contribution is -1.89. The van der Waals surface area contributed by atoms with Crippen molar-refractivity contribution in [3.05, 3.63) is 36.9 Å². The third-order valence-corrected chi connectivity index (χ3v) is 0.900. The summed E-state index contributed by atoms with van der Waals surface area (Å²) in [5, 5.41) is 0. The number of ether oxygens (including phenoxy) is 1. The molecule has 0 N–H and O–H groups in total. The van der Waals surface area contributed by atoms with Crippen LogP contribution in [0.15, 0.2) is 36.9 Å². The zero-order valence-corrected chi connectivity index (χ0v) is 6.06. The molecular weight excluding hydrogens is 131 g/mol. The van der Waals surface area contributed by atoms with Crippen LogP contribution in [0, 0.1) is 0 Å². The zero-order chi connectivity index (χ0) is 7.98. The van der Waals surface area contributed by atoms with Crippen LogP contribution >= 0.6 is 0 Å². The molecule has 0 heterocycles.